The van der Waals surface area contributed by atoms with Gasteiger partial charge in [-0.25, -0.2) is 0 Å². The Morgan fingerprint density at radius 1 is 1.04 bits per heavy atom. The van der Waals surface area contributed by atoms with Gasteiger partial charge in [0.15, 0.2) is 0 Å². The molecule has 5 nitrogen and oxygen atoms in total. The van der Waals surface area contributed by atoms with Crippen LogP contribution in [-0.4, -0.2) is 47.2 Å². The van der Waals surface area contributed by atoms with Gasteiger partial charge in [-0.3, -0.25) is 19.3 Å². The number of allylic oxidation sites excluding steroid dienone is 2. The molecule has 3 fully saturated rings. The van der Waals surface area contributed by atoms with E-state index in [-0.39, 0.29) is 36.7 Å². The van der Waals surface area contributed by atoms with E-state index in [9.17, 15) is 14.4 Å². The first kappa shape index (κ1) is 16.7. The minimum atomic E-state index is -0.254. The van der Waals surface area contributed by atoms with Crippen LogP contribution in [0.15, 0.2) is 42.5 Å². The number of hydrogen-bond acceptors (Lipinski definition) is 3. The summed E-state index contributed by atoms with van der Waals surface area (Å²) in [5.74, 6) is 0.290. The monoisotopic (exact) mass is 364 g/mol. The molecule has 1 spiro atoms. The Labute approximate surface area is 159 Å². The third-order valence-electron chi connectivity index (χ3n) is 7.07. The van der Waals surface area contributed by atoms with Gasteiger partial charge in [0.05, 0.1) is 0 Å². The summed E-state index contributed by atoms with van der Waals surface area (Å²) in [5, 5.41) is 0. The van der Waals surface area contributed by atoms with Crippen molar-refractivity contribution in [1.29, 1.82) is 0 Å². The molecule has 0 aromatic heterocycles. The van der Waals surface area contributed by atoms with Gasteiger partial charge in [-0.05, 0) is 48.5 Å². The fraction of sp³-hybridized carbons (Fsp3) is 0.500. The van der Waals surface area contributed by atoms with Crippen LogP contribution >= 0.6 is 0 Å². The number of carbonyl (C=O) groups excluding carboxylic acids is 3. The summed E-state index contributed by atoms with van der Waals surface area (Å²) >= 11 is 0. The predicted octanol–water partition coefficient (Wildman–Crippen LogP) is 2.03. The normalized spacial score (nSPS) is 30.4. The molecule has 3 atom stereocenters. The molecule has 3 aliphatic carbocycles. The van der Waals surface area contributed by atoms with Crippen molar-refractivity contribution < 1.29 is 14.4 Å². The van der Waals surface area contributed by atoms with Crippen LogP contribution in [0.5, 0.6) is 0 Å². The highest BCUT2D eigenvalue weighted by atomic mass is 16.2. The molecule has 5 heteroatoms. The van der Waals surface area contributed by atoms with E-state index in [2.05, 4.69) is 12.2 Å². The quantitative estimate of drug-likeness (QED) is 0.607. The van der Waals surface area contributed by atoms with E-state index in [1.165, 1.54) is 22.6 Å². The topological polar surface area (TPSA) is 57.7 Å². The molecule has 1 aromatic carbocycles. The SMILES string of the molecule is O=C([C@H]1C[C@H]2C=C[C@H]1C21CC1)N1CC(=O)N(CCc2ccccc2)C(=O)C1. The van der Waals surface area contributed by atoms with Crippen molar-refractivity contribution in [2.24, 2.45) is 23.2 Å². The molecule has 0 N–H and O–H groups in total. The molecule has 2 saturated carbocycles. The Bertz CT molecular complexity index is 809. The molecule has 1 aliphatic heterocycles. The lowest BCUT2D eigenvalue weighted by molar-refractivity contribution is -0.158. The molecule has 1 aromatic rings. The summed E-state index contributed by atoms with van der Waals surface area (Å²) in [6.45, 7) is 0.442. The van der Waals surface area contributed by atoms with E-state index in [1.54, 1.807) is 0 Å². The van der Waals surface area contributed by atoms with Crippen molar-refractivity contribution >= 4 is 17.7 Å². The lowest BCUT2D eigenvalue weighted by Crippen LogP contribution is -2.57. The highest BCUT2D eigenvalue weighted by Crippen LogP contribution is 2.70. The zero-order valence-corrected chi connectivity index (χ0v) is 15.3. The largest absolute Gasteiger partial charge is 0.324 e. The second kappa shape index (κ2) is 6.04. The molecule has 27 heavy (non-hydrogen) atoms. The van der Waals surface area contributed by atoms with Crippen molar-refractivity contribution in [1.82, 2.24) is 9.80 Å². The molecule has 0 unspecified atom stereocenters. The maximum atomic E-state index is 13.1. The van der Waals surface area contributed by atoms with Gasteiger partial charge in [0.2, 0.25) is 17.7 Å². The van der Waals surface area contributed by atoms with Crippen LogP contribution in [0.1, 0.15) is 24.8 Å². The summed E-state index contributed by atoms with van der Waals surface area (Å²) in [6, 6.07) is 9.83. The molecule has 1 heterocycles. The van der Waals surface area contributed by atoms with Gasteiger partial charge in [-0.1, -0.05) is 42.5 Å². The number of hydrogen-bond donors (Lipinski definition) is 0. The Hall–Kier alpha value is -2.43. The molecule has 4 aliphatic rings. The van der Waals surface area contributed by atoms with Gasteiger partial charge >= 0.3 is 0 Å². The predicted molar refractivity (Wildman–Crippen MR) is 99.3 cm³/mol. The Balaban J connectivity index is 1.23. The first-order valence-corrected chi connectivity index (χ1v) is 9.93. The number of nitrogens with zero attached hydrogens (tertiary/aromatic N) is 2. The number of carbonyl (C=O) groups is 3. The van der Waals surface area contributed by atoms with Crippen LogP contribution in [0.25, 0.3) is 0 Å². The summed E-state index contributed by atoms with van der Waals surface area (Å²) in [4.78, 5) is 41.0. The third kappa shape index (κ3) is 2.63. The molecule has 5 rings (SSSR count). The van der Waals surface area contributed by atoms with Crippen molar-refractivity contribution in [3.05, 3.63) is 48.0 Å². The van der Waals surface area contributed by atoms with Crippen LogP contribution in [0.4, 0.5) is 0 Å². The van der Waals surface area contributed by atoms with Crippen LogP contribution in [0, 0.1) is 23.2 Å². The first-order chi connectivity index (χ1) is 13.1. The Morgan fingerprint density at radius 3 is 2.37 bits per heavy atom. The summed E-state index contributed by atoms with van der Waals surface area (Å²) in [7, 11) is 0. The van der Waals surface area contributed by atoms with Crippen LogP contribution in [0.3, 0.4) is 0 Å². The van der Waals surface area contributed by atoms with E-state index in [0.29, 0.717) is 30.2 Å². The first-order valence-electron chi connectivity index (χ1n) is 9.93. The highest BCUT2D eigenvalue weighted by molar-refractivity contribution is 6.03. The molecular formula is C22H24N2O3. The molecule has 140 valence electrons. The van der Waals surface area contributed by atoms with Gasteiger partial charge in [-0.15, -0.1) is 0 Å². The fourth-order valence-electron chi connectivity index (χ4n) is 5.47. The van der Waals surface area contributed by atoms with Gasteiger partial charge in [0.25, 0.3) is 0 Å². The van der Waals surface area contributed by atoms with Gasteiger partial charge in [0, 0.05) is 12.5 Å². The van der Waals surface area contributed by atoms with E-state index in [1.807, 2.05) is 30.3 Å². The Morgan fingerprint density at radius 2 is 1.74 bits per heavy atom. The molecule has 1 saturated heterocycles. The highest BCUT2D eigenvalue weighted by Gasteiger charge is 2.64. The van der Waals surface area contributed by atoms with Crippen molar-refractivity contribution in [2.75, 3.05) is 19.6 Å². The lowest BCUT2D eigenvalue weighted by Gasteiger charge is -2.35. The van der Waals surface area contributed by atoms with Gasteiger partial charge < -0.3 is 4.90 Å². The number of benzene rings is 1. The summed E-state index contributed by atoms with van der Waals surface area (Å²) < 4.78 is 0. The molecule has 0 radical (unpaired) electrons. The van der Waals surface area contributed by atoms with Gasteiger partial charge in [-0.2, -0.15) is 0 Å². The minimum Gasteiger partial charge on any atom is -0.324 e. The van der Waals surface area contributed by atoms with E-state index in [0.717, 1.165) is 12.0 Å². The number of amides is 3. The fourth-order valence-corrected chi connectivity index (χ4v) is 5.47. The third-order valence-corrected chi connectivity index (χ3v) is 7.07. The zero-order chi connectivity index (χ0) is 18.6. The van der Waals surface area contributed by atoms with Crippen molar-refractivity contribution in [2.45, 2.75) is 25.7 Å². The number of rotatable bonds is 4. The van der Waals surface area contributed by atoms with Crippen LogP contribution in [0.2, 0.25) is 0 Å². The lowest BCUT2D eigenvalue weighted by atomic mass is 9.88. The number of piperazine rings is 1. The maximum Gasteiger partial charge on any atom is 0.248 e. The molecule has 2 bridgehead atoms. The second-order valence-corrected chi connectivity index (χ2v) is 8.46. The second-order valence-electron chi connectivity index (χ2n) is 8.46. The standard InChI is InChI=1S/C22H24N2O3/c25-19-13-23(14-20(26)24(19)11-8-15-4-2-1-3-5-15)21(27)17-12-16-6-7-18(17)22(16)9-10-22/h1-7,16-18H,8-14H2/t16-,17+,18-/m1/s1. The van der Waals surface area contributed by atoms with Crippen LogP contribution in [-0.2, 0) is 20.8 Å². The number of imide groups is 1. The van der Waals surface area contributed by atoms with Gasteiger partial charge in [0.1, 0.15) is 13.1 Å². The van der Waals surface area contributed by atoms with Crippen LogP contribution < -0.4 is 0 Å². The van der Waals surface area contributed by atoms with Crippen molar-refractivity contribution in [3.8, 4) is 0 Å². The van der Waals surface area contributed by atoms with Crippen molar-refractivity contribution in [3.63, 3.8) is 0 Å². The zero-order valence-electron chi connectivity index (χ0n) is 15.3. The molecular weight excluding hydrogens is 340 g/mol. The maximum absolute atomic E-state index is 13.1. The minimum absolute atomic E-state index is 0.00235. The van der Waals surface area contributed by atoms with E-state index < -0.39 is 0 Å². The molecule has 3 amide bonds. The average molecular weight is 364 g/mol. The Kier molecular flexibility index (Phi) is 3.74. The summed E-state index contributed by atoms with van der Waals surface area (Å²) in [5.41, 5.74) is 1.44. The average Bonchev–Trinajstić information content (AvgIpc) is 3.34. The van der Waals surface area contributed by atoms with E-state index in [4.69, 9.17) is 0 Å². The summed E-state index contributed by atoms with van der Waals surface area (Å²) in [6.07, 6.45) is 8.44. The smallest absolute Gasteiger partial charge is 0.248 e. The van der Waals surface area contributed by atoms with E-state index >= 15 is 0 Å².